The highest BCUT2D eigenvalue weighted by Crippen LogP contribution is 2.23. The maximum absolute atomic E-state index is 11.7. The highest BCUT2D eigenvalue weighted by Gasteiger charge is 2.15. The Morgan fingerprint density at radius 2 is 2.00 bits per heavy atom. The summed E-state index contributed by atoms with van der Waals surface area (Å²) in [4.78, 5) is 22.9. The van der Waals surface area contributed by atoms with E-state index < -0.39 is 5.97 Å². The van der Waals surface area contributed by atoms with Crippen LogP contribution >= 0.6 is 0 Å². The first kappa shape index (κ1) is 15.2. The first-order chi connectivity index (χ1) is 8.95. The normalized spacial score (nSPS) is 10.3. The van der Waals surface area contributed by atoms with Gasteiger partial charge in [-0.1, -0.05) is 6.07 Å². The highest BCUT2D eigenvalue weighted by molar-refractivity contribution is 6.01. The molecule has 2 N–H and O–H groups in total. The molecule has 104 valence electrons. The van der Waals surface area contributed by atoms with Gasteiger partial charge in [0.2, 0.25) is 5.91 Å². The highest BCUT2D eigenvalue weighted by atomic mass is 16.5. The minimum Gasteiger partial charge on any atom is -0.478 e. The van der Waals surface area contributed by atoms with Crippen molar-refractivity contribution in [2.24, 2.45) is 0 Å². The van der Waals surface area contributed by atoms with E-state index in [1.54, 1.807) is 20.1 Å². The van der Waals surface area contributed by atoms with Crippen LogP contribution in [-0.2, 0) is 9.53 Å². The van der Waals surface area contributed by atoms with Crippen molar-refractivity contribution in [3.05, 3.63) is 28.8 Å². The van der Waals surface area contributed by atoms with E-state index in [9.17, 15) is 14.7 Å². The lowest BCUT2D eigenvalue weighted by Gasteiger charge is -2.12. The Kier molecular flexibility index (Phi) is 5.51. The largest absolute Gasteiger partial charge is 0.478 e. The van der Waals surface area contributed by atoms with Gasteiger partial charge in [-0.05, 0) is 37.5 Å². The summed E-state index contributed by atoms with van der Waals surface area (Å²) in [6.07, 6.45) is 0.913. The van der Waals surface area contributed by atoms with E-state index in [0.29, 0.717) is 25.1 Å². The number of ether oxygens (including phenoxy) is 1. The molecule has 0 atom stereocenters. The summed E-state index contributed by atoms with van der Waals surface area (Å²) in [6, 6.07) is 3.40. The van der Waals surface area contributed by atoms with Crippen molar-refractivity contribution in [1.29, 1.82) is 0 Å². The molecular weight excluding hydrogens is 246 g/mol. The Morgan fingerprint density at radius 3 is 2.58 bits per heavy atom. The first-order valence-electron chi connectivity index (χ1n) is 6.09. The molecule has 1 aromatic rings. The zero-order chi connectivity index (χ0) is 14.4. The standard InChI is InChI=1S/C14H19NO4/c1-9-7-10(2)13(11(8-9)14(17)18)15-12(16)5-4-6-19-3/h7-8H,4-6H2,1-3H3,(H,15,16)(H,17,18). The zero-order valence-electron chi connectivity index (χ0n) is 11.4. The summed E-state index contributed by atoms with van der Waals surface area (Å²) in [7, 11) is 1.57. The number of carbonyl (C=O) groups excluding carboxylic acids is 1. The molecule has 0 bridgehead atoms. The van der Waals surface area contributed by atoms with Crippen LogP contribution in [0.4, 0.5) is 5.69 Å². The maximum atomic E-state index is 11.7. The van der Waals surface area contributed by atoms with Crippen LogP contribution in [0, 0.1) is 13.8 Å². The van der Waals surface area contributed by atoms with Gasteiger partial charge in [-0.3, -0.25) is 4.79 Å². The number of aryl methyl sites for hydroxylation is 2. The van der Waals surface area contributed by atoms with Crippen molar-refractivity contribution in [3.63, 3.8) is 0 Å². The molecular formula is C14H19NO4. The van der Waals surface area contributed by atoms with Gasteiger partial charge in [0.15, 0.2) is 0 Å². The Bertz CT molecular complexity index is 483. The molecule has 0 aromatic heterocycles. The molecule has 0 fully saturated rings. The molecule has 5 heteroatoms. The van der Waals surface area contributed by atoms with Crippen molar-refractivity contribution in [3.8, 4) is 0 Å². The van der Waals surface area contributed by atoms with Crippen molar-refractivity contribution in [2.75, 3.05) is 19.0 Å². The topological polar surface area (TPSA) is 75.6 Å². The average molecular weight is 265 g/mol. The third kappa shape index (κ3) is 4.37. The van der Waals surface area contributed by atoms with Crippen LogP contribution in [0.25, 0.3) is 0 Å². The Hall–Kier alpha value is -1.88. The average Bonchev–Trinajstić information content (AvgIpc) is 2.32. The Balaban J connectivity index is 2.88. The third-order valence-corrected chi connectivity index (χ3v) is 2.73. The van der Waals surface area contributed by atoms with Crippen LogP contribution < -0.4 is 5.32 Å². The second-order valence-corrected chi connectivity index (χ2v) is 4.45. The van der Waals surface area contributed by atoms with Crippen LogP contribution in [0.3, 0.4) is 0 Å². The van der Waals surface area contributed by atoms with E-state index >= 15 is 0 Å². The Labute approximate surface area is 112 Å². The van der Waals surface area contributed by atoms with Gasteiger partial charge in [0, 0.05) is 20.1 Å². The fourth-order valence-corrected chi connectivity index (χ4v) is 1.88. The summed E-state index contributed by atoms with van der Waals surface area (Å²) in [5.41, 5.74) is 2.10. The van der Waals surface area contributed by atoms with Gasteiger partial charge in [0.1, 0.15) is 0 Å². The van der Waals surface area contributed by atoms with E-state index in [2.05, 4.69) is 5.32 Å². The van der Waals surface area contributed by atoms with Gasteiger partial charge in [0.05, 0.1) is 11.3 Å². The number of rotatable bonds is 6. The number of amides is 1. The third-order valence-electron chi connectivity index (χ3n) is 2.73. The number of hydrogen-bond donors (Lipinski definition) is 2. The summed E-state index contributed by atoms with van der Waals surface area (Å²) in [5, 5.41) is 11.8. The Morgan fingerprint density at radius 1 is 1.32 bits per heavy atom. The SMILES string of the molecule is COCCCC(=O)Nc1c(C)cc(C)cc1C(=O)O. The quantitative estimate of drug-likeness (QED) is 0.774. The van der Waals surface area contributed by atoms with Gasteiger partial charge >= 0.3 is 5.97 Å². The minimum absolute atomic E-state index is 0.123. The number of methoxy groups -OCH3 is 1. The lowest BCUT2D eigenvalue weighted by atomic mass is 10.0. The zero-order valence-corrected chi connectivity index (χ0v) is 11.4. The molecule has 0 unspecified atom stereocenters. The van der Waals surface area contributed by atoms with Crippen molar-refractivity contribution < 1.29 is 19.4 Å². The van der Waals surface area contributed by atoms with Crippen molar-refractivity contribution in [2.45, 2.75) is 26.7 Å². The smallest absolute Gasteiger partial charge is 0.337 e. The second-order valence-electron chi connectivity index (χ2n) is 4.45. The van der Waals surface area contributed by atoms with Gasteiger partial charge < -0.3 is 15.2 Å². The molecule has 1 rings (SSSR count). The molecule has 0 radical (unpaired) electrons. The molecule has 0 aliphatic carbocycles. The van der Waals surface area contributed by atoms with Crippen LogP contribution in [0.15, 0.2) is 12.1 Å². The lowest BCUT2D eigenvalue weighted by molar-refractivity contribution is -0.116. The van der Waals surface area contributed by atoms with Crippen molar-refractivity contribution in [1.82, 2.24) is 0 Å². The van der Waals surface area contributed by atoms with Gasteiger partial charge in [-0.15, -0.1) is 0 Å². The van der Waals surface area contributed by atoms with E-state index in [-0.39, 0.29) is 11.5 Å². The van der Waals surface area contributed by atoms with Crippen LogP contribution in [0.1, 0.15) is 34.3 Å². The van der Waals surface area contributed by atoms with E-state index in [1.165, 1.54) is 0 Å². The number of hydrogen-bond acceptors (Lipinski definition) is 3. The summed E-state index contributed by atoms with van der Waals surface area (Å²) in [5.74, 6) is -1.24. The summed E-state index contributed by atoms with van der Waals surface area (Å²) < 4.78 is 4.87. The van der Waals surface area contributed by atoms with Crippen molar-refractivity contribution >= 4 is 17.6 Å². The fraction of sp³-hybridized carbons (Fsp3) is 0.429. The number of anilines is 1. The fourth-order valence-electron chi connectivity index (χ4n) is 1.88. The van der Waals surface area contributed by atoms with E-state index in [0.717, 1.165) is 11.1 Å². The van der Waals surface area contributed by atoms with Crippen LogP contribution in [-0.4, -0.2) is 30.7 Å². The van der Waals surface area contributed by atoms with E-state index in [1.807, 2.05) is 13.0 Å². The van der Waals surface area contributed by atoms with Gasteiger partial charge in [0.25, 0.3) is 0 Å². The number of carboxylic acid groups (broad SMARTS) is 1. The second kappa shape index (κ2) is 6.89. The predicted molar refractivity (Wildman–Crippen MR) is 72.6 cm³/mol. The number of carbonyl (C=O) groups is 2. The molecule has 19 heavy (non-hydrogen) atoms. The molecule has 0 saturated carbocycles. The molecule has 0 saturated heterocycles. The molecule has 0 aliphatic heterocycles. The predicted octanol–water partition coefficient (Wildman–Crippen LogP) is 2.37. The van der Waals surface area contributed by atoms with Crippen LogP contribution in [0.5, 0.6) is 0 Å². The molecule has 5 nitrogen and oxygen atoms in total. The number of nitrogens with one attached hydrogen (secondary N) is 1. The first-order valence-corrected chi connectivity index (χ1v) is 6.09. The van der Waals surface area contributed by atoms with Gasteiger partial charge in [-0.25, -0.2) is 4.79 Å². The van der Waals surface area contributed by atoms with Crippen LogP contribution in [0.2, 0.25) is 0 Å². The molecule has 0 spiro atoms. The molecule has 1 aromatic carbocycles. The number of carboxylic acids is 1. The summed E-state index contributed by atoms with van der Waals surface area (Å²) in [6.45, 7) is 4.11. The minimum atomic E-state index is -1.04. The van der Waals surface area contributed by atoms with Gasteiger partial charge in [-0.2, -0.15) is 0 Å². The number of benzene rings is 1. The lowest BCUT2D eigenvalue weighted by Crippen LogP contribution is -2.16. The number of aromatic carboxylic acids is 1. The maximum Gasteiger partial charge on any atom is 0.337 e. The summed E-state index contributed by atoms with van der Waals surface area (Å²) >= 11 is 0. The molecule has 0 aliphatic rings. The molecule has 1 amide bonds. The van der Waals surface area contributed by atoms with E-state index in [4.69, 9.17) is 4.74 Å². The monoisotopic (exact) mass is 265 g/mol. The molecule has 0 heterocycles.